The van der Waals surface area contributed by atoms with Crippen molar-refractivity contribution < 1.29 is 9.21 Å². The summed E-state index contributed by atoms with van der Waals surface area (Å²) in [5.41, 5.74) is 2.87. The molecule has 1 aromatic carbocycles. The molecular formula is C18H14N4O2. The fourth-order valence-corrected chi connectivity index (χ4v) is 2.53. The first-order valence-corrected chi connectivity index (χ1v) is 7.44. The number of hydrogen-bond acceptors (Lipinski definition) is 4. The van der Waals surface area contributed by atoms with Gasteiger partial charge in [-0.1, -0.05) is 18.2 Å². The molecule has 0 radical (unpaired) electrons. The number of nitrogens with zero attached hydrogens (tertiary/aromatic N) is 3. The van der Waals surface area contributed by atoms with Crippen LogP contribution in [0.25, 0.3) is 28.5 Å². The Bertz CT molecular complexity index is 1020. The van der Waals surface area contributed by atoms with Gasteiger partial charge in [0, 0.05) is 24.2 Å². The molecule has 118 valence electrons. The highest BCUT2D eigenvalue weighted by Crippen LogP contribution is 2.29. The lowest BCUT2D eigenvalue weighted by atomic mass is 10.1. The van der Waals surface area contributed by atoms with Crippen molar-refractivity contribution in [2.75, 3.05) is 0 Å². The Labute approximate surface area is 137 Å². The van der Waals surface area contributed by atoms with E-state index >= 15 is 0 Å². The summed E-state index contributed by atoms with van der Waals surface area (Å²) >= 11 is 0. The number of nitrogens with one attached hydrogen (secondary N) is 1. The minimum absolute atomic E-state index is 0.111. The van der Waals surface area contributed by atoms with Crippen molar-refractivity contribution in [2.24, 2.45) is 7.05 Å². The van der Waals surface area contributed by atoms with Gasteiger partial charge >= 0.3 is 0 Å². The molecule has 3 heterocycles. The number of furan rings is 1. The standard InChI is InChI=1S/C18H14N4O2/c1-22-11-14(10-20-22)15(23)7-6-13-9-19-21-18(13)17-8-12-4-2-3-5-16(12)24-17/h2-11H,1H3,(H,19,21)/b7-6-. The average Bonchev–Trinajstić information content (AvgIpc) is 3.30. The van der Waals surface area contributed by atoms with Crippen LogP contribution in [0.4, 0.5) is 0 Å². The van der Waals surface area contributed by atoms with Crippen LogP contribution >= 0.6 is 0 Å². The largest absolute Gasteiger partial charge is 0.454 e. The number of H-pyrrole nitrogens is 1. The third-order valence-corrected chi connectivity index (χ3v) is 3.74. The van der Waals surface area contributed by atoms with Gasteiger partial charge in [0.15, 0.2) is 11.5 Å². The maximum atomic E-state index is 12.1. The Kier molecular flexibility index (Phi) is 3.35. The number of allylic oxidation sites excluding steroid dienone is 1. The Balaban J connectivity index is 1.65. The van der Waals surface area contributed by atoms with E-state index in [1.54, 1.807) is 36.4 Å². The van der Waals surface area contributed by atoms with E-state index < -0.39 is 0 Å². The van der Waals surface area contributed by atoms with Crippen LogP contribution in [0.15, 0.2) is 59.4 Å². The smallest absolute Gasteiger partial charge is 0.189 e. The molecule has 3 aromatic heterocycles. The molecule has 6 heteroatoms. The lowest BCUT2D eigenvalue weighted by molar-refractivity contribution is 0.104. The number of ketones is 1. The molecule has 0 aliphatic carbocycles. The third-order valence-electron chi connectivity index (χ3n) is 3.74. The van der Waals surface area contributed by atoms with Crippen LogP contribution in [0, 0.1) is 0 Å². The monoisotopic (exact) mass is 318 g/mol. The maximum Gasteiger partial charge on any atom is 0.189 e. The van der Waals surface area contributed by atoms with Crippen molar-refractivity contribution in [3.8, 4) is 11.5 Å². The van der Waals surface area contributed by atoms with Gasteiger partial charge in [0.05, 0.1) is 18.0 Å². The number of benzene rings is 1. The summed E-state index contributed by atoms with van der Waals surface area (Å²) in [7, 11) is 1.77. The van der Waals surface area contributed by atoms with E-state index in [0.717, 1.165) is 22.2 Å². The molecule has 0 bridgehead atoms. The molecule has 4 rings (SSSR count). The van der Waals surface area contributed by atoms with E-state index in [-0.39, 0.29) is 5.78 Å². The van der Waals surface area contributed by atoms with E-state index in [2.05, 4.69) is 15.3 Å². The van der Waals surface area contributed by atoms with Crippen molar-refractivity contribution >= 4 is 22.8 Å². The number of fused-ring (bicyclic) bond motifs is 1. The second-order valence-electron chi connectivity index (χ2n) is 5.45. The number of para-hydroxylation sites is 1. The van der Waals surface area contributed by atoms with Crippen LogP contribution < -0.4 is 0 Å². The van der Waals surface area contributed by atoms with Gasteiger partial charge in [0.1, 0.15) is 11.3 Å². The van der Waals surface area contributed by atoms with Gasteiger partial charge in [-0.25, -0.2) is 0 Å². The number of aryl methyl sites for hydroxylation is 1. The number of aromatic nitrogens is 4. The van der Waals surface area contributed by atoms with E-state index in [1.165, 1.54) is 6.08 Å². The number of rotatable bonds is 4. The van der Waals surface area contributed by atoms with Crippen LogP contribution in [-0.2, 0) is 7.05 Å². The summed E-state index contributed by atoms with van der Waals surface area (Å²) < 4.78 is 7.44. The zero-order valence-corrected chi connectivity index (χ0v) is 12.9. The molecule has 0 aliphatic rings. The normalized spacial score (nSPS) is 11.5. The van der Waals surface area contributed by atoms with Crippen LogP contribution in [0.1, 0.15) is 15.9 Å². The molecule has 0 unspecified atom stereocenters. The average molecular weight is 318 g/mol. The van der Waals surface area contributed by atoms with E-state index in [4.69, 9.17) is 4.42 Å². The molecule has 0 aliphatic heterocycles. The Morgan fingerprint density at radius 2 is 2.17 bits per heavy atom. The van der Waals surface area contributed by atoms with Gasteiger partial charge in [-0.2, -0.15) is 10.2 Å². The summed E-state index contributed by atoms with van der Waals surface area (Å²) in [6.07, 6.45) is 8.12. The second-order valence-corrected chi connectivity index (χ2v) is 5.45. The molecule has 0 saturated carbocycles. The maximum absolute atomic E-state index is 12.1. The van der Waals surface area contributed by atoms with E-state index in [0.29, 0.717) is 11.3 Å². The van der Waals surface area contributed by atoms with Crippen LogP contribution in [-0.4, -0.2) is 25.8 Å². The zero-order valence-electron chi connectivity index (χ0n) is 12.9. The third kappa shape index (κ3) is 2.54. The highest BCUT2D eigenvalue weighted by molar-refractivity contribution is 6.06. The zero-order chi connectivity index (χ0) is 16.5. The Morgan fingerprint density at radius 1 is 1.29 bits per heavy atom. The summed E-state index contributed by atoms with van der Waals surface area (Å²) in [6, 6.07) is 9.73. The van der Waals surface area contributed by atoms with Crippen molar-refractivity contribution in [3.63, 3.8) is 0 Å². The topological polar surface area (TPSA) is 76.7 Å². The number of aromatic amines is 1. The minimum Gasteiger partial charge on any atom is -0.454 e. The first-order valence-electron chi connectivity index (χ1n) is 7.44. The van der Waals surface area contributed by atoms with Crippen LogP contribution in [0.2, 0.25) is 0 Å². The Hall–Kier alpha value is -3.41. The van der Waals surface area contributed by atoms with Gasteiger partial charge in [-0.3, -0.25) is 14.6 Å². The van der Waals surface area contributed by atoms with Crippen molar-refractivity contribution in [2.45, 2.75) is 0 Å². The fraction of sp³-hybridized carbons (Fsp3) is 0.0556. The molecule has 1 N–H and O–H groups in total. The molecule has 24 heavy (non-hydrogen) atoms. The molecule has 0 atom stereocenters. The number of carbonyl (C=O) groups is 1. The van der Waals surface area contributed by atoms with Gasteiger partial charge in [-0.05, 0) is 24.3 Å². The first kappa shape index (κ1) is 14.2. The van der Waals surface area contributed by atoms with Crippen LogP contribution in [0.5, 0.6) is 0 Å². The van der Waals surface area contributed by atoms with Gasteiger partial charge < -0.3 is 4.42 Å². The molecule has 0 spiro atoms. The van der Waals surface area contributed by atoms with Crippen molar-refractivity contribution in [3.05, 3.63) is 66.1 Å². The SMILES string of the molecule is Cn1cc(C(=O)/C=C\c2cn[nH]c2-c2cc3ccccc3o2)cn1. The van der Waals surface area contributed by atoms with Crippen molar-refractivity contribution in [1.82, 2.24) is 20.0 Å². The molecule has 0 fully saturated rings. The summed E-state index contributed by atoms with van der Waals surface area (Å²) in [4.78, 5) is 12.1. The minimum atomic E-state index is -0.111. The van der Waals surface area contributed by atoms with E-state index in [1.807, 2.05) is 30.3 Å². The molecular weight excluding hydrogens is 304 g/mol. The van der Waals surface area contributed by atoms with E-state index in [9.17, 15) is 4.79 Å². The number of carbonyl (C=O) groups excluding carboxylic acids is 1. The predicted molar refractivity (Wildman–Crippen MR) is 90.4 cm³/mol. The van der Waals surface area contributed by atoms with Crippen molar-refractivity contribution in [1.29, 1.82) is 0 Å². The highest BCUT2D eigenvalue weighted by Gasteiger charge is 2.12. The lowest BCUT2D eigenvalue weighted by Crippen LogP contribution is -1.91. The molecule has 4 aromatic rings. The first-order chi connectivity index (χ1) is 11.7. The lowest BCUT2D eigenvalue weighted by Gasteiger charge is -1.94. The van der Waals surface area contributed by atoms with Gasteiger partial charge in [0.25, 0.3) is 0 Å². The predicted octanol–water partition coefficient (Wildman–Crippen LogP) is 3.45. The number of hydrogen-bond donors (Lipinski definition) is 1. The molecule has 6 nitrogen and oxygen atoms in total. The van der Waals surface area contributed by atoms with Gasteiger partial charge in [-0.15, -0.1) is 0 Å². The molecule has 0 saturated heterocycles. The van der Waals surface area contributed by atoms with Gasteiger partial charge in [0.2, 0.25) is 0 Å². The quantitative estimate of drug-likeness (QED) is 0.462. The summed E-state index contributed by atoms with van der Waals surface area (Å²) in [5.74, 6) is 0.571. The fourth-order valence-electron chi connectivity index (χ4n) is 2.53. The Morgan fingerprint density at radius 3 is 2.96 bits per heavy atom. The van der Waals surface area contributed by atoms with Crippen LogP contribution in [0.3, 0.4) is 0 Å². The summed E-state index contributed by atoms with van der Waals surface area (Å²) in [6.45, 7) is 0. The molecule has 0 amide bonds. The second kappa shape index (κ2) is 5.66. The summed E-state index contributed by atoms with van der Waals surface area (Å²) in [5, 5.41) is 12.0. The highest BCUT2D eigenvalue weighted by atomic mass is 16.3.